The van der Waals surface area contributed by atoms with Crippen LogP contribution in [0.2, 0.25) is 0 Å². The lowest BCUT2D eigenvalue weighted by atomic mass is 9.69. The van der Waals surface area contributed by atoms with E-state index in [1.54, 1.807) is 12.1 Å². The Morgan fingerprint density at radius 1 is 0.907 bits per heavy atom. The molecule has 43 heavy (non-hydrogen) atoms. The van der Waals surface area contributed by atoms with Crippen molar-refractivity contribution in [3.63, 3.8) is 0 Å². The zero-order valence-corrected chi connectivity index (χ0v) is 25.6. The van der Waals surface area contributed by atoms with Gasteiger partial charge in [0.2, 0.25) is 0 Å². The molecule has 3 aliphatic heterocycles. The van der Waals surface area contributed by atoms with E-state index in [2.05, 4.69) is 30.2 Å². The molecular weight excluding hydrogens is 540 g/mol. The van der Waals surface area contributed by atoms with Gasteiger partial charge in [-0.25, -0.2) is 0 Å². The van der Waals surface area contributed by atoms with E-state index in [0.717, 1.165) is 63.1 Å². The summed E-state index contributed by atoms with van der Waals surface area (Å²) in [5.41, 5.74) is 3.52. The lowest BCUT2D eigenvalue weighted by Gasteiger charge is -2.35. The van der Waals surface area contributed by atoms with E-state index >= 15 is 0 Å². The van der Waals surface area contributed by atoms with Gasteiger partial charge in [-0.2, -0.15) is 0 Å². The summed E-state index contributed by atoms with van der Waals surface area (Å²) < 4.78 is 12.8. The molecule has 1 aliphatic carbocycles. The third kappa shape index (κ3) is 6.12. The van der Waals surface area contributed by atoms with Gasteiger partial charge in [-0.1, -0.05) is 81.7 Å². The SMILES string of the molecule is CN1CC[C@@]23C=C[C@H](O)C[C@@H]2Oc2c(OCCCCCCCCCCCCN4C(=O)c5ccccc5C4=O)ccc(c23)C1. The first-order valence-corrected chi connectivity index (χ1v) is 16.4. The minimum Gasteiger partial charge on any atom is -0.490 e. The number of fused-ring (bicyclic) bond motifs is 1. The average Bonchev–Trinajstić information content (AvgIpc) is 3.41. The molecule has 0 unspecified atom stereocenters. The molecule has 7 nitrogen and oxygen atoms in total. The van der Waals surface area contributed by atoms with Gasteiger partial charge in [0.1, 0.15) is 6.10 Å². The van der Waals surface area contributed by atoms with Gasteiger partial charge in [-0.15, -0.1) is 0 Å². The summed E-state index contributed by atoms with van der Waals surface area (Å²) in [5.74, 6) is 1.46. The van der Waals surface area contributed by atoms with Crippen molar-refractivity contribution in [3.05, 3.63) is 70.8 Å². The minimum absolute atomic E-state index is 0.0335. The summed E-state index contributed by atoms with van der Waals surface area (Å²) in [6, 6.07) is 11.4. The van der Waals surface area contributed by atoms with Gasteiger partial charge in [-0.05, 0) is 56.6 Å². The number of imide groups is 1. The number of nitrogens with zero attached hydrogens (tertiary/aromatic N) is 2. The highest BCUT2D eigenvalue weighted by Crippen LogP contribution is 2.55. The largest absolute Gasteiger partial charge is 0.490 e. The summed E-state index contributed by atoms with van der Waals surface area (Å²) >= 11 is 0. The summed E-state index contributed by atoms with van der Waals surface area (Å²) in [6.07, 6.45) is 16.7. The maximum atomic E-state index is 12.5. The number of carbonyl (C=O) groups excluding carboxylic acids is 2. The van der Waals surface area contributed by atoms with Gasteiger partial charge in [0.05, 0.1) is 29.3 Å². The number of amides is 2. The molecule has 0 saturated heterocycles. The highest BCUT2D eigenvalue weighted by atomic mass is 16.5. The first-order valence-electron chi connectivity index (χ1n) is 16.4. The molecule has 0 aromatic heterocycles. The molecule has 0 fully saturated rings. The van der Waals surface area contributed by atoms with E-state index in [9.17, 15) is 14.7 Å². The fourth-order valence-corrected chi connectivity index (χ4v) is 7.44. The van der Waals surface area contributed by atoms with Crippen molar-refractivity contribution < 1.29 is 24.2 Å². The second kappa shape index (κ2) is 13.2. The number of ether oxygens (including phenoxy) is 2. The topological polar surface area (TPSA) is 79.3 Å². The Kier molecular flexibility index (Phi) is 9.20. The van der Waals surface area contributed by atoms with E-state index in [4.69, 9.17) is 9.47 Å². The van der Waals surface area contributed by atoms with Crippen molar-refractivity contribution in [2.75, 3.05) is 26.7 Å². The standard InChI is InChI=1S/C36H46N2O5/c1-37-22-20-36-19-18-27(39)24-31(36)43-33-30(17-16-26(25-37)32(33)36)42-23-13-9-7-5-3-2-4-6-8-12-21-38-34(40)28-14-10-11-15-29(28)35(38)41/h10-11,14-19,27,31,39H,2-9,12-13,20-25H2,1H3/t27-,31-,36-/m0/s1. The van der Waals surface area contributed by atoms with Gasteiger partial charge >= 0.3 is 0 Å². The van der Waals surface area contributed by atoms with Crippen LogP contribution < -0.4 is 9.47 Å². The number of rotatable bonds is 14. The summed E-state index contributed by atoms with van der Waals surface area (Å²) in [7, 11) is 2.18. The smallest absolute Gasteiger partial charge is 0.261 e. The van der Waals surface area contributed by atoms with Crippen LogP contribution in [0.25, 0.3) is 0 Å². The van der Waals surface area contributed by atoms with Gasteiger partial charge in [0, 0.05) is 25.1 Å². The zero-order chi connectivity index (χ0) is 29.8. The van der Waals surface area contributed by atoms with Crippen LogP contribution in [0.1, 0.15) is 109 Å². The number of hydrogen-bond acceptors (Lipinski definition) is 6. The van der Waals surface area contributed by atoms with Crippen LogP contribution in [-0.2, 0) is 12.0 Å². The lowest BCUT2D eigenvalue weighted by molar-refractivity contribution is 0.0651. The third-order valence-corrected chi connectivity index (χ3v) is 9.84. The maximum Gasteiger partial charge on any atom is 0.261 e. The molecule has 2 aromatic carbocycles. The van der Waals surface area contributed by atoms with Crippen LogP contribution in [0.5, 0.6) is 11.5 Å². The second-order valence-electron chi connectivity index (χ2n) is 12.9. The van der Waals surface area contributed by atoms with Crippen molar-refractivity contribution in [1.29, 1.82) is 0 Å². The van der Waals surface area contributed by atoms with Gasteiger partial charge in [0.25, 0.3) is 11.8 Å². The first-order chi connectivity index (χ1) is 21.0. The molecule has 7 heteroatoms. The molecule has 1 spiro atoms. The number of carbonyl (C=O) groups is 2. The van der Waals surface area contributed by atoms with Gasteiger partial charge in [-0.3, -0.25) is 14.5 Å². The first kappa shape index (κ1) is 29.9. The monoisotopic (exact) mass is 586 g/mol. The Labute approximate surface area is 255 Å². The Morgan fingerprint density at radius 3 is 2.26 bits per heavy atom. The number of aliphatic hydroxyl groups is 1. The predicted molar refractivity (Wildman–Crippen MR) is 167 cm³/mol. The average molecular weight is 587 g/mol. The molecule has 0 saturated carbocycles. The predicted octanol–water partition coefficient (Wildman–Crippen LogP) is 6.42. The molecule has 230 valence electrons. The summed E-state index contributed by atoms with van der Waals surface area (Å²) in [4.78, 5) is 28.7. The van der Waals surface area contributed by atoms with Crippen LogP contribution in [0.3, 0.4) is 0 Å². The van der Waals surface area contributed by atoms with Gasteiger partial charge in [0.15, 0.2) is 11.5 Å². The van der Waals surface area contributed by atoms with Crippen molar-refractivity contribution in [2.24, 2.45) is 0 Å². The lowest BCUT2D eigenvalue weighted by Crippen LogP contribution is -2.42. The van der Waals surface area contributed by atoms with Crippen LogP contribution in [0, 0.1) is 0 Å². The van der Waals surface area contributed by atoms with Crippen molar-refractivity contribution in [1.82, 2.24) is 9.80 Å². The third-order valence-electron chi connectivity index (χ3n) is 9.84. The highest BCUT2D eigenvalue weighted by Gasteiger charge is 2.52. The van der Waals surface area contributed by atoms with E-state index in [1.165, 1.54) is 48.1 Å². The van der Waals surface area contributed by atoms with Crippen molar-refractivity contribution in [2.45, 2.75) is 101 Å². The molecular formula is C36H46N2O5. The molecule has 4 aliphatic rings. The Hall–Kier alpha value is -3.16. The highest BCUT2D eigenvalue weighted by molar-refractivity contribution is 6.21. The van der Waals surface area contributed by atoms with E-state index in [-0.39, 0.29) is 23.3 Å². The quantitative estimate of drug-likeness (QED) is 0.156. The molecule has 0 radical (unpaired) electrons. The molecule has 2 amide bonds. The van der Waals surface area contributed by atoms with E-state index < -0.39 is 6.10 Å². The second-order valence-corrected chi connectivity index (χ2v) is 12.9. The molecule has 0 bridgehead atoms. The summed E-state index contributed by atoms with van der Waals surface area (Å²) in [6.45, 7) is 3.13. The number of hydrogen-bond donors (Lipinski definition) is 1. The van der Waals surface area contributed by atoms with Crippen LogP contribution in [-0.4, -0.2) is 65.7 Å². The van der Waals surface area contributed by atoms with Crippen LogP contribution in [0.4, 0.5) is 0 Å². The van der Waals surface area contributed by atoms with Gasteiger partial charge < -0.3 is 19.5 Å². The Morgan fingerprint density at radius 2 is 1.56 bits per heavy atom. The normalized spacial score (nSPS) is 24.0. The fraction of sp³-hybridized carbons (Fsp3) is 0.556. The van der Waals surface area contributed by atoms with Crippen LogP contribution >= 0.6 is 0 Å². The molecule has 2 aromatic rings. The maximum absolute atomic E-state index is 12.5. The molecule has 1 N–H and O–H groups in total. The number of benzene rings is 2. The Bertz CT molecular complexity index is 1320. The van der Waals surface area contributed by atoms with E-state index in [0.29, 0.717) is 30.7 Å². The molecule has 3 atom stereocenters. The van der Waals surface area contributed by atoms with Crippen molar-refractivity contribution >= 4 is 11.8 Å². The minimum atomic E-state index is -0.448. The number of aliphatic hydroxyl groups excluding tert-OH is 1. The van der Waals surface area contributed by atoms with Crippen LogP contribution in [0.15, 0.2) is 48.6 Å². The molecule has 3 heterocycles. The summed E-state index contributed by atoms with van der Waals surface area (Å²) in [5, 5.41) is 10.3. The van der Waals surface area contributed by atoms with Crippen molar-refractivity contribution in [3.8, 4) is 11.5 Å². The van der Waals surface area contributed by atoms with E-state index in [1.807, 2.05) is 18.2 Å². The number of unbranched alkanes of at least 4 members (excludes halogenated alkanes) is 9. The Balaban J connectivity index is 0.852. The zero-order valence-electron chi connectivity index (χ0n) is 25.6. The molecule has 6 rings (SSSR count). The fourth-order valence-electron chi connectivity index (χ4n) is 7.44.